The van der Waals surface area contributed by atoms with E-state index in [1.165, 1.54) is 0 Å². The number of hydrogen-bond acceptors (Lipinski definition) is 4. The van der Waals surface area contributed by atoms with Crippen molar-refractivity contribution in [1.29, 1.82) is 0 Å². The van der Waals surface area contributed by atoms with Crippen molar-refractivity contribution in [2.45, 2.75) is 0 Å². The minimum Gasteiger partial charge on any atom is -0.437 e. The number of benzene rings is 2. The molecule has 0 fully saturated rings. The van der Waals surface area contributed by atoms with Gasteiger partial charge < -0.3 is 10.5 Å². The maximum atomic E-state index is 6.12. The number of fused-ring (bicyclic) bond motifs is 1. The number of anilines is 1. The normalized spacial score (nSPS) is 10.7. The van der Waals surface area contributed by atoms with Crippen LogP contribution in [0, 0.1) is 0 Å². The van der Waals surface area contributed by atoms with Crippen LogP contribution in [0.5, 0.6) is 11.6 Å². The molecule has 0 saturated carbocycles. The van der Waals surface area contributed by atoms with Crippen LogP contribution >= 0.6 is 27.5 Å². The lowest BCUT2D eigenvalue weighted by molar-refractivity contribution is 0.469. The van der Waals surface area contributed by atoms with Crippen molar-refractivity contribution in [3.8, 4) is 11.6 Å². The van der Waals surface area contributed by atoms with E-state index in [1.807, 2.05) is 30.3 Å². The van der Waals surface area contributed by atoms with Gasteiger partial charge in [0.25, 0.3) is 0 Å². The highest BCUT2D eigenvalue weighted by Crippen LogP contribution is 2.34. The van der Waals surface area contributed by atoms with Crippen LogP contribution in [0.25, 0.3) is 10.9 Å². The van der Waals surface area contributed by atoms with Crippen LogP contribution in [0.2, 0.25) is 5.02 Å². The standard InChI is InChI=1S/C14H9BrClN3O/c15-8-5-6-10(16)12(7-8)20-13-9-3-1-2-4-11(9)18-14(17)19-13/h1-7H,(H2,17,18,19). The first-order valence-electron chi connectivity index (χ1n) is 5.78. The summed E-state index contributed by atoms with van der Waals surface area (Å²) in [5.41, 5.74) is 6.43. The van der Waals surface area contributed by atoms with Crippen molar-refractivity contribution in [3.63, 3.8) is 0 Å². The minimum atomic E-state index is 0.157. The molecule has 100 valence electrons. The fraction of sp³-hybridized carbons (Fsp3) is 0. The average Bonchev–Trinajstić information content (AvgIpc) is 2.43. The molecule has 2 N–H and O–H groups in total. The highest BCUT2D eigenvalue weighted by Gasteiger charge is 2.10. The van der Waals surface area contributed by atoms with E-state index < -0.39 is 0 Å². The number of ether oxygens (including phenoxy) is 1. The average molecular weight is 351 g/mol. The van der Waals surface area contributed by atoms with E-state index in [-0.39, 0.29) is 5.95 Å². The van der Waals surface area contributed by atoms with Crippen LogP contribution in [-0.2, 0) is 0 Å². The fourth-order valence-corrected chi connectivity index (χ4v) is 2.30. The fourth-order valence-electron chi connectivity index (χ4n) is 1.80. The molecule has 2 aromatic carbocycles. The van der Waals surface area contributed by atoms with Crippen LogP contribution in [0.1, 0.15) is 0 Å². The van der Waals surface area contributed by atoms with Gasteiger partial charge in [0, 0.05) is 4.47 Å². The molecule has 6 heteroatoms. The molecule has 3 rings (SSSR count). The van der Waals surface area contributed by atoms with Gasteiger partial charge in [0.2, 0.25) is 11.8 Å². The lowest BCUT2D eigenvalue weighted by Crippen LogP contribution is -1.98. The topological polar surface area (TPSA) is 61.0 Å². The second-order valence-electron chi connectivity index (χ2n) is 4.08. The smallest absolute Gasteiger partial charge is 0.232 e. The number of nitrogens with zero attached hydrogens (tertiary/aromatic N) is 2. The third kappa shape index (κ3) is 2.55. The molecule has 0 amide bonds. The van der Waals surface area contributed by atoms with E-state index in [9.17, 15) is 0 Å². The van der Waals surface area contributed by atoms with Gasteiger partial charge >= 0.3 is 0 Å². The van der Waals surface area contributed by atoms with Crippen LogP contribution in [0.15, 0.2) is 46.9 Å². The van der Waals surface area contributed by atoms with Crippen LogP contribution in [0.3, 0.4) is 0 Å². The molecule has 0 aliphatic heterocycles. The number of nitrogen functional groups attached to an aromatic ring is 1. The lowest BCUT2D eigenvalue weighted by atomic mass is 10.2. The van der Waals surface area contributed by atoms with E-state index in [0.29, 0.717) is 16.7 Å². The summed E-state index contributed by atoms with van der Waals surface area (Å²) in [4.78, 5) is 8.30. The molecule has 4 nitrogen and oxygen atoms in total. The van der Waals surface area contributed by atoms with Gasteiger partial charge in [0.15, 0.2) is 0 Å². The predicted molar refractivity (Wildman–Crippen MR) is 83.2 cm³/mol. The van der Waals surface area contributed by atoms with Crippen molar-refractivity contribution < 1.29 is 4.74 Å². The highest BCUT2D eigenvalue weighted by atomic mass is 79.9. The molecule has 1 heterocycles. The first-order chi connectivity index (χ1) is 9.63. The van der Waals surface area contributed by atoms with Gasteiger partial charge in [-0.2, -0.15) is 4.98 Å². The maximum Gasteiger partial charge on any atom is 0.232 e. The minimum absolute atomic E-state index is 0.157. The van der Waals surface area contributed by atoms with E-state index in [0.717, 1.165) is 15.4 Å². The van der Waals surface area contributed by atoms with Crippen molar-refractivity contribution in [2.75, 3.05) is 5.73 Å². The van der Waals surface area contributed by atoms with E-state index >= 15 is 0 Å². The summed E-state index contributed by atoms with van der Waals surface area (Å²) in [5, 5.41) is 1.27. The Hall–Kier alpha value is -1.85. The molecule has 0 aliphatic rings. The molecule has 0 atom stereocenters. The van der Waals surface area contributed by atoms with Crippen LogP contribution < -0.4 is 10.5 Å². The Morgan fingerprint density at radius 1 is 1.10 bits per heavy atom. The van der Waals surface area contributed by atoms with E-state index in [1.54, 1.807) is 12.1 Å². The lowest BCUT2D eigenvalue weighted by Gasteiger charge is -2.10. The van der Waals surface area contributed by atoms with Crippen molar-refractivity contribution >= 4 is 44.4 Å². The number of halogens is 2. The van der Waals surface area contributed by atoms with Crippen LogP contribution in [0.4, 0.5) is 5.95 Å². The zero-order chi connectivity index (χ0) is 14.1. The number of nitrogens with two attached hydrogens (primary N) is 1. The van der Waals surface area contributed by atoms with Crippen molar-refractivity contribution in [1.82, 2.24) is 9.97 Å². The predicted octanol–water partition coefficient (Wildman–Crippen LogP) is 4.42. The Labute approximate surface area is 128 Å². The second kappa shape index (κ2) is 5.26. The number of para-hydroxylation sites is 1. The molecular formula is C14H9BrClN3O. The second-order valence-corrected chi connectivity index (χ2v) is 5.40. The third-order valence-electron chi connectivity index (χ3n) is 2.69. The Kier molecular flexibility index (Phi) is 3.46. The van der Waals surface area contributed by atoms with Gasteiger partial charge in [-0.05, 0) is 30.3 Å². The van der Waals surface area contributed by atoms with Crippen molar-refractivity contribution in [2.24, 2.45) is 0 Å². The van der Waals surface area contributed by atoms with E-state index in [2.05, 4.69) is 25.9 Å². The first-order valence-corrected chi connectivity index (χ1v) is 6.96. The van der Waals surface area contributed by atoms with Gasteiger partial charge in [-0.3, -0.25) is 0 Å². The summed E-state index contributed by atoms with van der Waals surface area (Å²) in [6.45, 7) is 0. The monoisotopic (exact) mass is 349 g/mol. The molecule has 3 aromatic rings. The summed E-state index contributed by atoms with van der Waals surface area (Å²) in [6.07, 6.45) is 0. The summed E-state index contributed by atoms with van der Waals surface area (Å²) in [6, 6.07) is 12.8. The quantitative estimate of drug-likeness (QED) is 0.743. The Balaban J connectivity index is 2.13. The molecule has 1 aromatic heterocycles. The van der Waals surface area contributed by atoms with Gasteiger partial charge in [-0.1, -0.05) is 39.7 Å². The number of rotatable bonds is 2. The molecule has 0 unspecified atom stereocenters. The summed E-state index contributed by atoms with van der Waals surface area (Å²) < 4.78 is 6.66. The molecule has 0 saturated heterocycles. The molecule has 0 bridgehead atoms. The van der Waals surface area contributed by atoms with Gasteiger partial charge in [0.05, 0.1) is 15.9 Å². The summed E-state index contributed by atoms with van der Waals surface area (Å²) >= 11 is 9.49. The third-order valence-corrected chi connectivity index (χ3v) is 3.49. The Morgan fingerprint density at radius 3 is 2.75 bits per heavy atom. The first kappa shape index (κ1) is 13.1. The SMILES string of the molecule is Nc1nc(Oc2cc(Br)ccc2Cl)c2ccccc2n1. The van der Waals surface area contributed by atoms with Gasteiger partial charge in [-0.25, -0.2) is 4.98 Å². The van der Waals surface area contributed by atoms with Crippen LogP contribution in [-0.4, -0.2) is 9.97 Å². The van der Waals surface area contributed by atoms with Gasteiger partial charge in [0.1, 0.15) is 5.75 Å². The molecule has 0 aliphatic carbocycles. The Morgan fingerprint density at radius 2 is 1.90 bits per heavy atom. The number of aromatic nitrogens is 2. The largest absolute Gasteiger partial charge is 0.437 e. The van der Waals surface area contributed by atoms with E-state index in [4.69, 9.17) is 22.1 Å². The highest BCUT2D eigenvalue weighted by molar-refractivity contribution is 9.10. The zero-order valence-corrected chi connectivity index (χ0v) is 12.5. The zero-order valence-electron chi connectivity index (χ0n) is 10.2. The summed E-state index contributed by atoms with van der Waals surface area (Å²) in [5.74, 6) is 1.04. The maximum absolute atomic E-state index is 6.12. The number of hydrogen-bond donors (Lipinski definition) is 1. The molecular weight excluding hydrogens is 342 g/mol. The van der Waals surface area contributed by atoms with Crippen molar-refractivity contribution in [3.05, 3.63) is 52.0 Å². The van der Waals surface area contributed by atoms with Gasteiger partial charge in [-0.15, -0.1) is 0 Å². The molecule has 0 radical (unpaired) electrons. The summed E-state index contributed by atoms with van der Waals surface area (Å²) in [7, 11) is 0. The Bertz CT molecular complexity index is 794. The molecule has 20 heavy (non-hydrogen) atoms. The molecule has 0 spiro atoms.